The van der Waals surface area contributed by atoms with Crippen LogP contribution in [0, 0.1) is 10.8 Å². The van der Waals surface area contributed by atoms with Gasteiger partial charge in [-0.05, 0) is 36.5 Å². The zero-order chi connectivity index (χ0) is 12.9. The number of hydrogen-bond acceptors (Lipinski definition) is 0. The van der Waals surface area contributed by atoms with Gasteiger partial charge in [0.15, 0.2) is 0 Å². The normalized spacial score (nSPS) is 29.7. The van der Waals surface area contributed by atoms with Crippen LogP contribution in [0.2, 0.25) is 0 Å². The van der Waals surface area contributed by atoms with Crippen molar-refractivity contribution in [1.82, 2.24) is 0 Å². The molecule has 0 aromatic rings. The molecule has 0 amide bonds. The van der Waals surface area contributed by atoms with Crippen molar-refractivity contribution in [3.8, 4) is 0 Å². The van der Waals surface area contributed by atoms with Crippen molar-refractivity contribution in [2.45, 2.75) is 104 Å². The highest BCUT2D eigenvalue weighted by molar-refractivity contribution is 4.93. The Bertz CT molecular complexity index is 222. The molecule has 18 heavy (non-hydrogen) atoms. The van der Waals surface area contributed by atoms with Gasteiger partial charge in [0.1, 0.15) is 0 Å². The fourth-order valence-electron chi connectivity index (χ4n) is 4.58. The van der Waals surface area contributed by atoms with Crippen LogP contribution in [-0.2, 0) is 0 Å². The van der Waals surface area contributed by atoms with Crippen LogP contribution in [0.1, 0.15) is 104 Å². The van der Waals surface area contributed by atoms with E-state index in [4.69, 9.17) is 0 Å². The Morgan fingerprint density at radius 2 is 0.611 bits per heavy atom. The van der Waals surface area contributed by atoms with Crippen molar-refractivity contribution in [1.29, 1.82) is 0 Å². The van der Waals surface area contributed by atoms with Crippen LogP contribution in [0.15, 0.2) is 0 Å². The van der Waals surface area contributed by atoms with Gasteiger partial charge in [0, 0.05) is 0 Å². The molecule has 0 saturated heterocycles. The predicted octanol–water partition coefficient (Wildman–Crippen LogP) is 6.49. The third-order valence-electron chi connectivity index (χ3n) is 6.37. The van der Waals surface area contributed by atoms with Gasteiger partial charge in [0.2, 0.25) is 0 Å². The maximum Gasteiger partial charge on any atom is -0.0272 e. The Kier molecular flexibility index (Phi) is 5.15. The highest BCUT2D eigenvalue weighted by Gasteiger charge is 2.43. The molecule has 2 saturated carbocycles. The largest absolute Gasteiger partial charge is 0.0591 e. The van der Waals surface area contributed by atoms with Gasteiger partial charge in [-0.15, -0.1) is 0 Å². The van der Waals surface area contributed by atoms with Crippen LogP contribution < -0.4 is 0 Å². The highest BCUT2D eigenvalue weighted by atomic mass is 14.5. The Hall–Kier alpha value is 0. The van der Waals surface area contributed by atoms with Crippen molar-refractivity contribution in [3.63, 3.8) is 0 Å². The summed E-state index contributed by atoms with van der Waals surface area (Å²) in [6, 6.07) is 0. The van der Waals surface area contributed by atoms with E-state index in [1.165, 1.54) is 89.9 Å². The molecule has 0 unspecified atom stereocenters. The van der Waals surface area contributed by atoms with Crippen LogP contribution in [0.3, 0.4) is 0 Å². The fraction of sp³-hybridized carbons (Fsp3) is 1.00. The average molecular weight is 250 g/mol. The second-order valence-corrected chi connectivity index (χ2v) is 7.66. The molecule has 0 N–H and O–H groups in total. The Morgan fingerprint density at radius 3 is 0.889 bits per heavy atom. The Labute approximate surface area is 115 Å². The fourth-order valence-corrected chi connectivity index (χ4v) is 4.58. The number of hydrogen-bond donors (Lipinski definition) is 0. The summed E-state index contributed by atoms with van der Waals surface area (Å²) in [5.41, 5.74) is 1.29. The first-order valence-corrected chi connectivity index (χ1v) is 8.66. The van der Waals surface area contributed by atoms with E-state index in [9.17, 15) is 0 Å². The molecule has 0 bridgehead atoms. The maximum absolute atomic E-state index is 2.64. The lowest BCUT2D eigenvalue weighted by molar-refractivity contribution is 0.0295. The smallest absolute Gasteiger partial charge is 0.0272 e. The molecule has 2 rings (SSSR count). The van der Waals surface area contributed by atoms with E-state index >= 15 is 0 Å². The minimum atomic E-state index is 0.641. The van der Waals surface area contributed by atoms with E-state index in [-0.39, 0.29) is 0 Å². The molecule has 2 aliphatic carbocycles. The predicted molar refractivity (Wildman–Crippen MR) is 80.9 cm³/mol. The summed E-state index contributed by atoms with van der Waals surface area (Å²) in [5, 5.41) is 0. The number of rotatable bonds is 1. The first-order chi connectivity index (χ1) is 8.66. The molecule has 0 aliphatic heterocycles. The molecular formula is C18H34. The first kappa shape index (κ1) is 14.4. The van der Waals surface area contributed by atoms with E-state index in [1.807, 2.05) is 0 Å². The lowest BCUT2D eigenvalue weighted by atomic mass is 9.58. The van der Waals surface area contributed by atoms with Gasteiger partial charge in [-0.25, -0.2) is 0 Å². The Balaban J connectivity index is 2.08. The topological polar surface area (TPSA) is 0 Å². The van der Waals surface area contributed by atoms with E-state index in [2.05, 4.69) is 13.8 Å². The van der Waals surface area contributed by atoms with Crippen LogP contribution in [0.5, 0.6) is 0 Å². The van der Waals surface area contributed by atoms with Crippen molar-refractivity contribution >= 4 is 0 Å². The molecule has 0 radical (unpaired) electrons. The molecule has 0 heteroatoms. The zero-order valence-electron chi connectivity index (χ0n) is 12.9. The standard InChI is InChI=1S/C18H34/c1-17(13-9-5-3-4-6-10-14-17)18(2)15-11-7-8-12-16-18/h3-16H2,1-2H3. The van der Waals surface area contributed by atoms with Crippen LogP contribution in [-0.4, -0.2) is 0 Å². The van der Waals surface area contributed by atoms with E-state index < -0.39 is 0 Å². The second-order valence-electron chi connectivity index (χ2n) is 7.66. The molecule has 2 aliphatic rings. The van der Waals surface area contributed by atoms with Crippen molar-refractivity contribution < 1.29 is 0 Å². The van der Waals surface area contributed by atoms with E-state index in [0.29, 0.717) is 10.8 Å². The molecule has 0 aromatic heterocycles. The molecular weight excluding hydrogens is 216 g/mol. The van der Waals surface area contributed by atoms with E-state index in [0.717, 1.165) is 0 Å². The SMILES string of the molecule is CC1(C2(C)CCCCCC2)CCCCCCCC1. The van der Waals surface area contributed by atoms with Crippen molar-refractivity contribution in [3.05, 3.63) is 0 Å². The van der Waals surface area contributed by atoms with Crippen LogP contribution in [0.4, 0.5) is 0 Å². The quantitative estimate of drug-likeness (QED) is 0.467. The van der Waals surface area contributed by atoms with E-state index in [1.54, 1.807) is 0 Å². The summed E-state index contributed by atoms with van der Waals surface area (Å²) in [6.07, 6.45) is 20.9. The van der Waals surface area contributed by atoms with Crippen molar-refractivity contribution in [2.75, 3.05) is 0 Å². The monoisotopic (exact) mass is 250 g/mol. The van der Waals surface area contributed by atoms with Gasteiger partial charge in [-0.1, -0.05) is 78.1 Å². The summed E-state index contributed by atoms with van der Waals surface area (Å²) in [7, 11) is 0. The molecule has 106 valence electrons. The molecule has 0 heterocycles. The molecule has 0 spiro atoms. The second kappa shape index (κ2) is 6.44. The molecule has 0 atom stereocenters. The molecule has 0 nitrogen and oxygen atoms in total. The van der Waals surface area contributed by atoms with Gasteiger partial charge in [0.25, 0.3) is 0 Å². The van der Waals surface area contributed by atoms with Gasteiger partial charge >= 0.3 is 0 Å². The average Bonchev–Trinajstić information content (AvgIpc) is 2.51. The van der Waals surface area contributed by atoms with Crippen LogP contribution >= 0.6 is 0 Å². The summed E-state index contributed by atoms with van der Waals surface area (Å²) < 4.78 is 0. The summed E-state index contributed by atoms with van der Waals surface area (Å²) >= 11 is 0. The highest BCUT2D eigenvalue weighted by Crippen LogP contribution is 2.54. The Morgan fingerprint density at radius 1 is 0.389 bits per heavy atom. The maximum atomic E-state index is 2.64. The van der Waals surface area contributed by atoms with Crippen molar-refractivity contribution in [2.24, 2.45) is 10.8 Å². The lowest BCUT2D eigenvalue weighted by Gasteiger charge is -2.47. The minimum absolute atomic E-state index is 0.641. The zero-order valence-corrected chi connectivity index (χ0v) is 12.9. The summed E-state index contributed by atoms with van der Waals surface area (Å²) in [5.74, 6) is 0. The van der Waals surface area contributed by atoms with Gasteiger partial charge in [0.05, 0.1) is 0 Å². The first-order valence-electron chi connectivity index (χ1n) is 8.66. The van der Waals surface area contributed by atoms with Gasteiger partial charge in [-0.2, -0.15) is 0 Å². The molecule has 2 fully saturated rings. The summed E-state index contributed by atoms with van der Waals surface area (Å²) in [4.78, 5) is 0. The van der Waals surface area contributed by atoms with Gasteiger partial charge < -0.3 is 0 Å². The minimum Gasteiger partial charge on any atom is -0.0591 e. The molecule has 0 aromatic carbocycles. The lowest BCUT2D eigenvalue weighted by Crippen LogP contribution is -2.37. The van der Waals surface area contributed by atoms with Crippen LogP contribution in [0.25, 0.3) is 0 Å². The van der Waals surface area contributed by atoms with Gasteiger partial charge in [-0.3, -0.25) is 0 Å². The third-order valence-corrected chi connectivity index (χ3v) is 6.37. The summed E-state index contributed by atoms with van der Waals surface area (Å²) in [6.45, 7) is 5.28. The third kappa shape index (κ3) is 3.31.